The van der Waals surface area contributed by atoms with Crippen LogP contribution in [0.3, 0.4) is 0 Å². The summed E-state index contributed by atoms with van der Waals surface area (Å²) in [7, 11) is 0. The molecule has 4 nitrogen and oxygen atoms in total. The molecule has 0 radical (unpaired) electrons. The van der Waals surface area contributed by atoms with Crippen molar-refractivity contribution in [2.24, 2.45) is 0 Å². The van der Waals surface area contributed by atoms with Crippen LogP contribution in [-0.4, -0.2) is 23.1 Å². The molecule has 0 bridgehead atoms. The Hall–Kier alpha value is -2.10. The lowest BCUT2D eigenvalue weighted by Crippen LogP contribution is -2.29. The van der Waals surface area contributed by atoms with E-state index in [2.05, 4.69) is 14.9 Å². The van der Waals surface area contributed by atoms with Crippen LogP contribution in [0.5, 0.6) is 11.8 Å². The molecule has 2 aromatic rings. The Morgan fingerprint density at radius 2 is 1.58 bits per heavy atom. The second kappa shape index (κ2) is 5.69. The molecular formula is C15H17N3O. The zero-order valence-corrected chi connectivity index (χ0v) is 10.8. The van der Waals surface area contributed by atoms with Gasteiger partial charge < -0.3 is 9.64 Å². The van der Waals surface area contributed by atoms with Crippen molar-refractivity contribution >= 4 is 5.69 Å². The predicted octanol–water partition coefficient (Wildman–Crippen LogP) is 3.26. The number of rotatable bonds is 3. The van der Waals surface area contributed by atoms with Gasteiger partial charge in [-0.2, -0.15) is 0 Å². The molecule has 1 aromatic carbocycles. The summed E-state index contributed by atoms with van der Waals surface area (Å²) in [5.74, 6) is 0.758. The normalized spacial score (nSPS) is 15.3. The van der Waals surface area contributed by atoms with Crippen LogP contribution in [-0.2, 0) is 0 Å². The number of ether oxygens (including phenoxy) is 1. The van der Waals surface area contributed by atoms with E-state index in [1.165, 1.54) is 19.3 Å². The summed E-state index contributed by atoms with van der Waals surface area (Å²) in [5.41, 5.74) is 1.08. The molecule has 4 heteroatoms. The first kappa shape index (κ1) is 12.0. The second-order valence-electron chi connectivity index (χ2n) is 4.69. The van der Waals surface area contributed by atoms with E-state index in [4.69, 9.17) is 4.74 Å². The van der Waals surface area contributed by atoms with Gasteiger partial charge in [0.1, 0.15) is 5.75 Å². The minimum atomic E-state index is 0.395. The second-order valence-corrected chi connectivity index (χ2v) is 4.69. The standard InChI is InChI=1S/C15H17N3O/c1-3-7-14(8-4-1)19-15-16-11-13(12-17-15)18-9-5-2-6-10-18/h1,3-4,7-8,11-12H,2,5-6,9-10H2. The quantitative estimate of drug-likeness (QED) is 0.843. The Labute approximate surface area is 113 Å². The van der Waals surface area contributed by atoms with E-state index in [0.717, 1.165) is 24.5 Å². The topological polar surface area (TPSA) is 38.2 Å². The van der Waals surface area contributed by atoms with Crippen LogP contribution >= 0.6 is 0 Å². The molecule has 0 aliphatic carbocycles. The van der Waals surface area contributed by atoms with E-state index >= 15 is 0 Å². The Bertz CT molecular complexity index is 507. The molecule has 0 atom stereocenters. The number of benzene rings is 1. The maximum atomic E-state index is 5.58. The number of hydrogen-bond acceptors (Lipinski definition) is 4. The fourth-order valence-corrected chi connectivity index (χ4v) is 2.27. The Balaban J connectivity index is 1.68. The molecule has 19 heavy (non-hydrogen) atoms. The highest BCUT2D eigenvalue weighted by Gasteiger charge is 2.11. The van der Waals surface area contributed by atoms with E-state index in [0.29, 0.717) is 6.01 Å². The molecule has 98 valence electrons. The fourth-order valence-electron chi connectivity index (χ4n) is 2.27. The fraction of sp³-hybridized carbons (Fsp3) is 0.333. The predicted molar refractivity (Wildman–Crippen MR) is 74.6 cm³/mol. The third-order valence-electron chi connectivity index (χ3n) is 3.29. The minimum Gasteiger partial charge on any atom is -0.424 e. The van der Waals surface area contributed by atoms with Gasteiger partial charge in [0.05, 0.1) is 18.1 Å². The van der Waals surface area contributed by atoms with Crippen LogP contribution in [0, 0.1) is 0 Å². The van der Waals surface area contributed by atoms with Gasteiger partial charge >= 0.3 is 6.01 Å². The summed E-state index contributed by atoms with van der Waals surface area (Å²) < 4.78 is 5.58. The summed E-state index contributed by atoms with van der Waals surface area (Å²) in [6.07, 6.45) is 7.52. The SMILES string of the molecule is c1ccc(Oc2ncc(N3CCCCC3)cn2)cc1. The lowest BCUT2D eigenvalue weighted by Gasteiger charge is -2.27. The molecule has 1 aromatic heterocycles. The summed E-state index contributed by atoms with van der Waals surface area (Å²) >= 11 is 0. The maximum absolute atomic E-state index is 5.58. The number of aromatic nitrogens is 2. The first-order valence-corrected chi connectivity index (χ1v) is 6.72. The highest BCUT2D eigenvalue weighted by atomic mass is 16.5. The average Bonchev–Trinajstić information content (AvgIpc) is 2.50. The molecule has 0 N–H and O–H groups in total. The molecule has 1 saturated heterocycles. The molecule has 0 unspecified atom stereocenters. The van der Waals surface area contributed by atoms with Crippen molar-refractivity contribution in [2.45, 2.75) is 19.3 Å². The van der Waals surface area contributed by atoms with E-state index in [1.807, 2.05) is 42.7 Å². The Morgan fingerprint density at radius 3 is 2.26 bits per heavy atom. The third kappa shape index (κ3) is 3.02. The highest BCUT2D eigenvalue weighted by Crippen LogP contribution is 2.21. The van der Waals surface area contributed by atoms with Crippen LogP contribution in [0.2, 0.25) is 0 Å². The van der Waals surface area contributed by atoms with Crippen molar-refractivity contribution in [3.05, 3.63) is 42.7 Å². The van der Waals surface area contributed by atoms with Crippen LogP contribution in [0.1, 0.15) is 19.3 Å². The molecular weight excluding hydrogens is 238 g/mol. The Kier molecular flexibility index (Phi) is 3.58. The minimum absolute atomic E-state index is 0.395. The van der Waals surface area contributed by atoms with Gasteiger partial charge in [-0.25, -0.2) is 9.97 Å². The first-order chi connectivity index (χ1) is 9.42. The largest absolute Gasteiger partial charge is 0.424 e. The lowest BCUT2D eigenvalue weighted by atomic mass is 10.1. The van der Waals surface area contributed by atoms with Gasteiger partial charge in [0.2, 0.25) is 0 Å². The van der Waals surface area contributed by atoms with E-state index in [1.54, 1.807) is 0 Å². The van der Waals surface area contributed by atoms with Gasteiger partial charge in [-0.3, -0.25) is 0 Å². The van der Waals surface area contributed by atoms with Crippen molar-refractivity contribution in [3.8, 4) is 11.8 Å². The third-order valence-corrected chi connectivity index (χ3v) is 3.29. The zero-order valence-electron chi connectivity index (χ0n) is 10.8. The molecule has 1 aliphatic rings. The molecule has 0 amide bonds. The van der Waals surface area contributed by atoms with E-state index in [-0.39, 0.29) is 0 Å². The van der Waals surface area contributed by atoms with Crippen molar-refractivity contribution < 1.29 is 4.74 Å². The van der Waals surface area contributed by atoms with Gasteiger partial charge in [-0.05, 0) is 31.4 Å². The van der Waals surface area contributed by atoms with Gasteiger partial charge in [-0.1, -0.05) is 18.2 Å². The summed E-state index contributed by atoms with van der Waals surface area (Å²) in [6, 6.07) is 9.98. The number of para-hydroxylation sites is 1. The van der Waals surface area contributed by atoms with Crippen LogP contribution in [0.4, 0.5) is 5.69 Å². The zero-order chi connectivity index (χ0) is 12.9. The van der Waals surface area contributed by atoms with E-state index in [9.17, 15) is 0 Å². The molecule has 2 heterocycles. The molecule has 3 rings (SSSR count). The lowest BCUT2D eigenvalue weighted by molar-refractivity contribution is 0.441. The van der Waals surface area contributed by atoms with Crippen molar-refractivity contribution in [3.63, 3.8) is 0 Å². The van der Waals surface area contributed by atoms with Crippen molar-refractivity contribution in [1.29, 1.82) is 0 Å². The van der Waals surface area contributed by atoms with Gasteiger partial charge in [-0.15, -0.1) is 0 Å². The van der Waals surface area contributed by atoms with Crippen LogP contribution in [0.25, 0.3) is 0 Å². The van der Waals surface area contributed by atoms with Gasteiger partial charge in [0.15, 0.2) is 0 Å². The van der Waals surface area contributed by atoms with E-state index < -0.39 is 0 Å². The molecule has 1 aliphatic heterocycles. The number of nitrogens with zero attached hydrogens (tertiary/aromatic N) is 3. The highest BCUT2D eigenvalue weighted by molar-refractivity contribution is 5.42. The van der Waals surface area contributed by atoms with Crippen LogP contribution < -0.4 is 9.64 Å². The van der Waals surface area contributed by atoms with Crippen LogP contribution in [0.15, 0.2) is 42.7 Å². The maximum Gasteiger partial charge on any atom is 0.322 e. The molecule has 1 fully saturated rings. The molecule has 0 saturated carbocycles. The van der Waals surface area contributed by atoms with Gasteiger partial charge in [0.25, 0.3) is 0 Å². The number of anilines is 1. The van der Waals surface area contributed by atoms with Gasteiger partial charge in [0, 0.05) is 13.1 Å². The smallest absolute Gasteiger partial charge is 0.322 e. The number of hydrogen-bond donors (Lipinski definition) is 0. The average molecular weight is 255 g/mol. The monoisotopic (exact) mass is 255 g/mol. The summed E-state index contributed by atoms with van der Waals surface area (Å²) in [4.78, 5) is 10.9. The van der Waals surface area contributed by atoms with Crippen molar-refractivity contribution in [1.82, 2.24) is 9.97 Å². The van der Waals surface area contributed by atoms with Crippen molar-refractivity contribution in [2.75, 3.05) is 18.0 Å². The number of piperidine rings is 1. The summed E-state index contributed by atoms with van der Waals surface area (Å²) in [5, 5.41) is 0. The molecule has 0 spiro atoms. The Morgan fingerprint density at radius 1 is 0.895 bits per heavy atom. The first-order valence-electron chi connectivity index (χ1n) is 6.72. The summed E-state index contributed by atoms with van der Waals surface area (Å²) in [6.45, 7) is 2.20.